The molecule has 0 aliphatic heterocycles. The van der Waals surface area contributed by atoms with E-state index in [2.05, 4.69) is 0 Å². The topological polar surface area (TPSA) is 61.5 Å². The van der Waals surface area contributed by atoms with Gasteiger partial charge in [0, 0.05) is 6.04 Å². The van der Waals surface area contributed by atoms with Gasteiger partial charge in [0.25, 0.3) is 0 Å². The number of rotatable bonds is 7. The lowest BCUT2D eigenvalue weighted by molar-refractivity contribution is -0.171. The molecule has 134 valence electrons. The second-order valence-corrected chi connectivity index (χ2v) is 7.10. The molecule has 0 aliphatic rings. The molecule has 2 aromatic carbocycles. The Labute approximate surface area is 150 Å². The van der Waals surface area contributed by atoms with Gasteiger partial charge in [0.1, 0.15) is 5.60 Å². The van der Waals surface area contributed by atoms with Crippen LogP contribution in [-0.2, 0) is 27.3 Å². The van der Waals surface area contributed by atoms with Crippen molar-refractivity contribution >= 4 is 5.97 Å². The number of benzene rings is 2. The summed E-state index contributed by atoms with van der Waals surface area (Å²) in [5, 5.41) is 0. The second-order valence-electron chi connectivity index (χ2n) is 7.10. The largest absolute Gasteiger partial charge is 0.458 e. The Balaban J connectivity index is 2.08. The first-order valence-electron chi connectivity index (χ1n) is 8.53. The molecule has 0 heterocycles. The third-order valence-electron chi connectivity index (χ3n) is 3.61. The van der Waals surface area contributed by atoms with E-state index in [0.717, 1.165) is 11.1 Å². The Morgan fingerprint density at radius 1 is 0.960 bits per heavy atom. The fraction of sp³-hybridized carbons (Fsp3) is 0.381. The van der Waals surface area contributed by atoms with Crippen molar-refractivity contribution in [3.8, 4) is 0 Å². The predicted molar refractivity (Wildman–Crippen MR) is 99.0 cm³/mol. The highest BCUT2D eigenvalue weighted by molar-refractivity contribution is 5.76. The molecule has 2 N–H and O–H groups in total. The predicted octanol–water partition coefficient (Wildman–Crippen LogP) is 3.48. The minimum Gasteiger partial charge on any atom is -0.458 e. The van der Waals surface area contributed by atoms with Gasteiger partial charge >= 0.3 is 5.97 Å². The van der Waals surface area contributed by atoms with Gasteiger partial charge in [-0.2, -0.15) is 0 Å². The number of hydrogen-bond acceptors (Lipinski definition) is 4. The highest BCUT2D eigenvalue weighted by Gasteiger charge is 2.31. The minimum atomic E-state index is -0.820. The molecule has 4 heteroatoms. The van der Waals surface area contributed by atoms with Crippen molar-refractivity contribution in [2.75, 3.05) is 0 Å². The van der Waals surface area contributed by atoms with E-state index in [1.54, 1.807) is 0 Å². The lowest BCUT2D eigenvalue weighted by atomic mass is 10.0. The number of hydrogen-bond donors (Lipinski definition) is 1. The van der Waals surface area contributed by atoms with Gasteiger partial charge in [-0.3, -0.25) is 0 Å². The van der Waals surface area contributed by atoms with E-state index in [1.165, 1.54) is 0 Å². The summed E-state index contributed by atoms with van der Waals surface area (Å²) in [5.41, 5.74) is 7.77. The van der Waals surface area contributed by atoms with Crippen molar-refractivity contribution in [2.45, 2.75) is 51.5 Å². The second kappa shape index (κ2) is 8.79. The molecule has 0 saturated heterocycles. The molecule has 0 radical (unpaired) electrons. The van der Waals surface area contributed by atoms with Crippen LogP contribution in [0.1, 0.15) is 31.9 Å². The molecule has 0 fully saturated rings. The molecule has 0 saturated carbocycles. The fourth-order valence-corrected chi connectivity index (χ4v) is 2.48. The van der Waals surface area contributed by atoms with Crippen LogP contribution >= 0.6 is 0 Å². The summed E-state index contributed by atoms with van der Waals surface area (Å²) in [6.07, 6.45) is -0.279. The molecule has 0 aromatic heterocycles. The molecule has 1 unspecified atom stereocenters. The Morgan fingerprint density at radius 2 is 1.48 bits per heavy atom. The lowest BCUT2D eigenvalue weighted by Gasteiger charge is -2.27. The monoisotopic (exact) mass is 341 g/mol. The number of nitrogens with two attached hydrogens (primary N) is 1. The first-order valence-corrected chi connectivity index (χ1v) is 8.53. The fourth-order valence-electron chi connectivity index (χ4n) is 2.48. The van der Waals surface area contributed by atoms with Crippen LogP contribution in [0.2, 0.25) is 0 Å². The van der Waals surface area contributed by atoms with E-state index < -0.39 is 23.7 Å². The molecule has 0 spiro atoms. The standard InChI is InChI=1S/C21H27NO3/c1-21(2,3)25-20(23)19(24-15-17-12-8-5-9-13-17)18(22)14-16-10-6-4-7-11-16/h4-13,18-19H,14-15,22H2,1-3H3/t18-,19?/m0/s1. The Morgan fingerprint density at radius 3 is 2.00 bits per heavy atom. The van der Waals surface area contributed by atoms with Crippen molar-refractivity contribution in [2.24, 2.45) is 5.73 Å². The molecule has 2 atom stereocenters. The average molecular weight is 341 g/mol. The summed E-state index contributed by atoms with van der Waals surface area (Å²) in [7, 11) is 0. The van der Waals surface area contributed by atoms with Crippen molar-refractivity contribution in [3.05, 3.63) is 71.8 Å². The summed E-state index contributed by atoms with van der Waals surface area (Å²) < 4.78 is 11.4. The third kappa shape index (κ3) is 6.69. The highest BCUT2D eigenvalue weighted by Crippen LogP contribution is 2.15. The third-order valence-corrected chi connectivity index (χ3v) is 3.61. The van der Waals surface area contributed by atoms with Gasteiger partial charge in [-0.1, -0.05) is 60.7 Å². The minimum absolute atomic E-state index is 0.313. The zero-order valence-electron chi connectivity index (χ0n) is 15.1. The summed E-state index contributed by atoms with van der Waals surface area (Å²) in [5.74, 6) is -0.424. The van der Waals surface area contributed by atoms with Gasteiger partial charge in [-0.15, -0.1) is 0 Å². The molecular formula is C21H27NO3. The van der Waals surface area contributed by atoms with E-state index in [1.807, 2.05) is 81.4 Å². The van der Waals surface area contributed by atoms with Crippen molar-refractivity contribution in [1.82, 2.24) is 0 Å². The summed E-state index contributed by atoms with van der Waals surface area (Å²) in [4.78, 5) is 12.6. The van der Waals surface area contributed by atoms with Crippen LogP contribution in [0.5, 0.6) is 0 Å². The van der Waals surface area contributed by atoms with Gasteiger partial charge in [0.2, 0.25) is 0 Å². The highest BCUT2D eigenvalue weighted by atomic mass is 16.6. The molecule has 0 aliphatic carbocycles. The number of esters is 1. The van der Waals surface area contributed by atoms with Gasteiger partial charge in [0.15, 0.2) is 6.10 Å². The zero-order valence-corrected chi connectivity index (χ0v) is 15.1. The maximum atomic E-state index is 12.6. The van der Waals surface area contributed by atoms with Crippen LogP contribution in [0.4, 0.5) is 0 Å². The van der Waals surface area contributed by atoms with Crippen LogP contribution in [0, 0.1) is 0 Å². The van der Waals surface area contributed by atoms with E-state index >= 15 is 0 Å². The van der Waals surface area contributed by atoms with Crippen molar-refractivity contribution < 1.29 is 14.3 Å². The molecule has 2 rings (SSSR count). The van der Waals surface area contributed by atoms with E-state index in [-0.39, 0.29) is 0 Å². The average Bonchev–Trinajstić information content (AvgIpc) is 2.55. The SMILES string of the molecule is CC(C)(C)OC(=O)C(OCc1ccccc1)[C@@H](N)Cc1ccccc1. The van der Waals surface area contributed by atoms with E-state index in [0.29, 0.717) is 13.0 Å². The summed E-state index contributed by atoms with van der Waals surface area (Å²) >= 11 is 0. The summed E-state index contributed by atoms with van der Waals surface area (Å²) in [6, 6.07) is 19.1. The maximum absolute atomic E-state index is 12.6. The molecule has 25 heavy (non-hydrogen) atoms. The van der Waals surface area contributed by atoms with Gasteiger partial charge in [-0.05, 0) is 38.3 Å². The normalized spacial score (nSPS) is 13.9. The molecule has 0 amide bonds. The van der Waals surface area contributed by atoms with Gasteiger partial charge in [-0.25, -0.2) is 4.79 Å². The first-order chi connectivity index (χ1) is 11.8. The molecular weight excluding hydrogens is 314 g/mol. The number of carbonyl (C=O) groups is 1. The molecule has 0 bridgehead atoms. The maximum Gasteiger partial charge on any atom is 0.337 e. The lowest BCUT2D eigenvalue weighted by Crippen LogP contribution is -2.46. The van der Waals surface area contributed by atoms with E-state index in [4.69, 9.17) is 15.2 Å². The quantitative estimate of drug-likeness (QED) is 0.783. The van der Waals surface area contributed by atoms with Crippen molar-refractivity contribution in [3.63, 3.8) is 0 Å². The van der Waals surface area contributed by atoms with Crippen LogP contribution in [0.15, 0.2) is 60.7 Å². The molecule has 2 aromatic rings. The Hall–Kier alpha value is -2.17. The van der Waals surface area contributed by atoms with Crippen LogP contribution in [0.3, 0.4) is 0 Å². The Kier molecular flexibility index (Phi) is 6.73. The smallest absolute Gasteiger partial charge is 0.337 e. The zero-order chi connectivity index (χ0) is 18.3. The van der Waals surface area contributed by atoms with Crippen LogP contribution < -0.4 is 5.73 Å². The number of ether oxygens (including phenoxy) is 2. The summed E-state index contributed by atoms with van der Waals surface area (Å²) in [6.45, 7) is 5.82. The van der Waals surface area contributed by atoms with Crippen molar-refractivity contribution in [1.29, 1.82) is 0 Å². The van der Waals surface area contributed by atoms with Crippen LogP contribution in [-0.4, -0.2) is 23.7 Å². The van der Waals surface area contributed by atoms with E-state index in [9.17, 15) is 4.79 Å². The van der Waals surface area contributed by atoms with Gasteiger partial charge < -0.3 is 15.2 Å². The van der Waals surface area contributed by atoms with Crippen LogP contribution in [0.25, 0.3) is 0 Å². The first kappa shape index (κ1) is 19.2. The molecule has 4 nitrogen and oxygen atoms in total. The van der Waals surface area contributed by atoms with Gasteiger partial charge in [0.05, 0.1) is 6.61 Å². The number of carbonyl (C=O) groups excluding carboxylic acids is 1. The Bertz CT molecular complexity index is 650.